The SMILES string of the molecule is CC(c1ccc(F)cc1)N(C)C(=O)CN1CCC(C)(CN)C1.Cl. The summed E-state index contributed by atoms with van der Waals surface area (Å²) >= 11 is 0. The molecule has 23 heavy (non-hydrogen) atoms. The third kappa shape index (κ3) is 4.90. The highest BCUT2D eigenvalue weighted by Gasteiger charge is 2.33. The second-order valence-electron chi connectivity index (χ2n) is 6.71. The van der Waals surface area contributed by atoms with E-state index in [1.807, 2.05) is 6.92 Å². The molecule has 0 saturated carbocycles. The zero-order valence-electron chi connectivity index (χ0n) is 14.1. The van der Waals surface area contributed by atoms with Crippen molar-refractivity contribution >= 4 is 18.3 Å². The smallest absolute Gasteiger partial charge is 0.236 e. The molecule has 2 unspecified atom stereocenters. The fraction of sp³-hybridized carbons (Fsp3) is 0.588. The highest BCUT2D eigenvalue weighted by atomic mass is 35.5. The topological polar surface area (TPSA) is 49.6 Å². The summed E-state index contributed by atoms with van der Waals surface area (Å²) in [4.78, 5) is 16.4. The molecule has 1 aromatic carbocycles. The Bertz CT molecular complexity index is 525. The molecule has 1 amide bonds. The third-order valence-corrected chi connectivity index (χ3v) is 4.82. The van der Waals surface area contributed by atoms with Crippen LogP contribution in [0.1, 0.15) is 31.9 Å². The zero-order valence-corrected chi connectivity index (χ0v) is 14.9. The molecule has 1 aromatic rings. The van der Waals surface area contributed by atoms with Gasteiger partial charge in [0.2, 0.25) is 5.91 Å². The highest BCUT2D eigenvalue weighted by Crippen LogP contribution is 2.28. The van der Waals surface area contributed by atoms with Crippen molar-refractivity contribution in [2.24, 2.45) is 11.1 Å². The monoisotopic (exact) mass is 343 g/mol. The Morgan fingerprint density at radius 3 is 2.57 bits per heavy atom. The van der Waals surface area contributed by atoms with Crippen LogP contribution in [0.3, 0.4) is 0 Å². The molecule has 0 aromatic heterocycles. The van der Waals surface area contributed by atoms with Crippen molar-refractivity contribution in [3.63, 3.8) is 0 Å². The number of benzene rings is 1. The predicted octanol–water partition coefficient (Wildman–Crippen LogP) is 2.44. The average molecular weight is 344 g/mol. The van der Waals surface area contributed by atoms with Crippen molar-refractivity contribution in [2.45, 2.75) is 26.3 Å². The summed E-state index contributed by atoms with van der Waals surface area (Å²) in [5.41, 5.74) is 6.87. The van der Waals surface area contributed by atoms with Gasteiger partial charge in [-0.15, -0.1) is 12.4 Å². The molecule has 1 saturated heterocycles. The van der Waals surface area contributed by atoms with Crippen molar-refractivity contribution in [1.29, 1.82) is 0 Å². The van der Waals surface area contributed by atoms with Gasteiger partial charge in [-0.25, -0.2) is 4.39 Å². The van der Waals surface area contributed by atoms with Crippen molar-refractivity contribution in [3.05, 3.63) is 35.6 Å². The zero-order chi connectivity index (χ0) is 16.3. The molecule has 1 aliphatic rings. The number of rotatable bonds is 5. The molecule has 0 aliphatic carbocycles. The van der Waals surface area contributed by atoms with E-state index in [2.05, 4.69) is 11.8 Å². The summed E-state index contributed by atoms with van der Waals surface area (Å²) in [7, 11) is 1.80. The quantitative estimate of drug-likeness (QED) is 0.893. The number of nitrogens with two attached hydrogens (primary N) is 1. The summed E-state index contributed by atoms with van der Waals surface area (Å²) < 4.78 is 13.0. The average Bonchev–Trinajstić information content (AvgIpc) is 2.88. The summed E-state index contributed by atoms with van der Waals surface area (Å²) in [6.45, 7) is 6.98. The molecule has 1 aliphatic heterocycles. The van der Waals surface area contributed by atoms with E-state index in [0.717, 1.165) is 25.1 Å². The van der Waals surface area contributed by atoms with E-state index in [0.29, 0.717) is 13.1 Å². The molecular formula is C17H27ClFN3O. The van der Waals surface area contributed by atoms with Gasteiger partial charge >= 0.3 is 0 Å². The van der Waals surface area contributed by atoms with Gasteiger partial charge in [0.05, 0.1) is 12.6 Å². The first kappa shape index (κ1) is 19.9. The highest BCUT2D eigenvalue weighted by molar-refractivity contribution is 5.85. The van der Waals surface area contributed by atoms with Gasteiger partial charge < -0.3 is 10.6 Å². The number of hydrogen-bond acceptors (Lipinski definition) is 3. The molecule has 6 heteroatoms. The van der Waals surface area contributed by atoms with Gasteiger partial charge in [0.25, 0.3) is 0 Å². The molecule has 2 rings (SSSR count). The Hall–Kier alpha value is -1.17. The first-order chi connectivity index (χ1) is 10.3. The standard InChI is InChI=1S/C17H26FN3O.ClH/c1-13(14-4-6-15(18)7-5-14)20(3)16(22)10-21-9-8-17(2,11-19)12-21;/h4-7,13H,8-12,19H2,1-3H3;1H. The van der Waals surface area contributed by atoms with E-state index < -0.39 is 0 Å². The Morgan fingerprint density at radius 1 is 1.43 bits per heavy atom. The van der Waals surface area contributed by atoms with Crippen molar-refractivity contribution in [3.8, 4) is 0 Å². The molecule has 2 atom stereocenters. The van der Waals surface area contributed by atoms with Crippen LogP contribution in [0, 0.1) is 11.2 Å². The lowest BCUT2D eigenvalue weighted by Gasteiger charge is -2.28. The Morgan fingerprint density at radius 2 is 2.04 bits per heavy atom. The van der Waals surface area contributed by atoms with Gasteiger partial charge in [0.1, 0.15) is 5.82 Å². The molecule has 0 radical (unpaired) electrons. The molecule has 0 spiro atoms. The normalized spacial score (nSPS) is 22.5. The Balaban J connectivity index is 0.00000264. The van der Waals surface area contributed by atoms with Crippen molar-refractivity contribution in [2.75, 3.05) is 33.2 Å². The fourth-order valence-electron chi connectivity index (χ4n) is 2.91. The molecule has 0 bridgehead atoms. The van der Waals surface area contributed by atoms with E-state index in [9.17, 15) is 9.18 Å². The van der Waals surface area contributed by atoms with E-state index in [1.54, 1.807) is 24.1 Å². The summed E-state index contributed by atoms with van der Waals surface area (Å²) in [6.07, 6.45) is 1.04. The largest absolute Gasteiger partial charge is 0.338 e. The Labute approximate surface area is 144 Å². The van der Waals surface area contributed by atoms with Gasteiger partial charge in [-0.2, -0.15) is 0 Å². The van der Waals surface area contributed by atoms with Crippen LogP contribution in [0.5, 0.6) is 0 Å². The van der Waals surface area contributed by atoms with Gasteiger partial charge in [-0.1, -0.05) is 19.1 Å². The molecule has 2 N–H and O–H groups in total. The minimum atomic E-state index is -0.261. The molecule has 130 valence electrons. The fourth-order valence-corrected chi connectivity index (χ4v) is 2.91. The number of halogens is 2. The number of carbonyl (C=O) groups excluding carboxylic acids is 1. The minimum absolute atomic E-state index is 0. The van der Waals surface area contributed by atoms with Gasteiger partial charge in [-0.05, 0) is 49.5 Å². The molecule has 4 nitrogen and oxygen atoms in total. The lowest BCUT2D eigenvalue weighted by Crippen LogP contribution is -2.40. The lowest BCUT2D eigenvalue weighted by molar-refractivity contribution is -0.132. The second-order valence-corrected chi connectivity index (χ2v) is 6.71. The number of hydrogen-bond donors (Lipinski definition) is 1. The third-order valence-electron chi connectivity index (χ3n) is 4.82. The number of nitrogens with zero attached hydrogens (tertiary/aromatic N) is 2. The van der Waals surface area contributed by atoms with Gasteiger partial charge in [0.15, 0.2) is 0 Å². The van der Waals surface area contributed by atoms with Crippen LogP contribution in [0.2, 0.25) is 0 Å². The first-order valence-corrected chi connectivity index (χ1v) is 7.78. The number of amides is 1. The maximum atomic E-state index is 13.0. The van der Waals surface area contributed by atoms with E-state index in [4.69, 9.17) is 5.73 Å². The van der Waals surface area contributed by atoms with Gasteiger partial charge in [-0.3, -0.25) is 9.69 Å². The van der Waals surface area contributed by atoms with Crippen LogP contribution >= 0.6 is 12.4 Å². The number of likely N-dealkylation sites (N-methyl/N-ethyl adjacent to an activating group) is 1. The van der Waals surface area contributed by atoms with Crippen LogP contribution in [-0.2, 0) is 4.79 Å². The summed E-state index contributed by atoms with van der Waals surface area (Å²) in [5.74, 6) is -0.179. The molecule has 1 heterocycles. The minimum Gasteiger partial charge on any atom is -0.338 e. The van der Waals surface area contributed by atoms with E-state index >= 15 is 0 Å². The summed E-state index contributed by atoms with van der Waals surface area (Å²) in [6, 6.07) is 6.24. The number of carbonyl (C=O) groups is 1. The van der Waals surface area contributed by atoms with Crippen LogP contribution in [0.4, 0.5) is 4.39 Å². The maximum absolute atomic E-state index is 13.0. The van der Waals surface area contributed by atoms with Crippen LogP contribution < -0.4 is 5.73 Å². The summed E-state index contributed by atoms with van der Waals surface area (Å²) in [5, 5.41) is 0. The molecule has 1 fully saturated rings. The predicted molar refractivity (Wildman–Crippen MR) is 93.1 cm³/mol. The number of likely N-dealkylation sites (tertiary alicyclic amines) is 1. The first-order valence-electron chi connectivity index (χ1n) is 7.78. The second kappa shape index (κ2) is 8.08. The lowest BCUT2D eigenvalue weighted by atomic mass is 9.90. The van der Waals surface area contributed by atoms with E-state index in [1.165, 1.54) is 12.1 Å². The van der Waals surface area contributed by atoms with Crippen molar-refractivity contribution < 1.29 is 9.18 Å². The molecular weight excluding hydrogens is 317 g/mol. The van der Waals surface area contributed by atoms with E-state index in [-0.39, 0.29) is 35.6 Å². The van der Waals surface area contributed by atoms with Crippen molar-refractivity contribution in [1.82, 2.24) is 9.80 Å². The van der Waals surface area contributed by atoms with Crippen LogP contribution in [-0.4, -0.2) is 48.9 Å². The van der Waals surface area contributed by atoms with Crippen LogP contribution in [0.15, 0.2) is 24.3 Å². The van der Waals surface area contributed by atoms with Gasteiger partial charge in [0, 0.05) is 13.6 Å². The Kier molecular flexibility index (Phi) is 6.99. The van der Waals surface area contributed by atoms with Crippen LogP contribution in [0.25, 0.3) is 0 Å². The maximum Gasteiger partial charge on any atom is 0.236 e.